The summed E-state index contributed by atoms with van der Waals surface area (Å²) in [6.07, 6.45) is 5.74. The summed E-state index contributed by atoms with van der Waals surface area (Å²) in [6.45, 7) is 2.88. The summed E-state index contributed by atoms with van der Waals surface area (Å²) >= 11 is 0. The van der Waals surface area contributed by atoms with Gasteiger partial charge in [0.1, 0.15) is 11.3 Å². The van der Waals surface area contributed by atoms with Crippen LogP contribution in [0.2, 0.25) is 0 Å². The number of hydrogen-bond acceptors (Lipinski definition) is 5. The summed E-state index contributed by atoms with van der Waals surface area (Å²) in [5, 5.41) is 10.6. The third-order valence-corrected chi connectivity index (χ3v) is 6.04. The fraction of sp³-hybridized carbons (Fsp3) is 0.308. The monoisotopic (exact) mass is 429 g/mol. The van der Waals surface area contributed by atoms with E-state index < -0.39 is 0 Å². The highest BCUT2D eigenvalue weighted by molar-refractivity contribution is 6.04. The van der Waals surface area contributed by atoms with E-state index in [0.717, 1.165) is 70.4 Å². The maximum absolute atomic E-state index is 9.54. The highest BCUT2D eigenvalue weighted by Gasteiger charge is 2.17. The third-order valence-electron chi connectivity index (χ3n) is 6.04. The Kier molecular flexibility index (Phi) is 5.99. The predicted molar refractivity (Wildman–Crippen MR) is 125 cm³/mol. The molecule has 164 valence electrons. The van der Waals surface area contributed by atoms with Crippen molar-refractivity contribution in [1.82, 2.24) is 14.5 Å². The van der Waals surface area contributed by atoms with Crippen LogP contribution in [0.3, 0.4) is 0 Å². The average Bonchev–Trinajstić information content (AvgIpc) is 3.20. The number of aliphatic hydroxyl groups excluding tert-OH is 1. The van der Waals surface area contributed by atoms with Gasteiger partial charge in [0.25, 0.3) is 0 Å². The van der Waals surface area contributed by atoms with E-state index in [1.54, 1.807) is 7.11 Å². The van der Waals surface area contributed by atoms with Crippen molar-refractivity contribution < 1.29 is 14.6 Å². The first kappa shape index (κ1) is 20.8. The highest BCUT2D eigenvalue weighted by atomic mass is 16.5. The molecule has 0 radical (unpaired) electrons. The third kappa shape index (κ3) is 4.05. The fourth-order valence-corrected chi connectivity index (χ4v) is 4.36. The van der Waals surface area contributed by atoms with Crippen LogP contribution in [0.25, 0.3) is 33.1 Å². The van der Waals surface area contributed by atoms with Gasteiger partial charge in [0, 0.05) is 25.5 Å². The largest absolute Gasteiger partial charge is 0.392 e. The lowest BCUT2D eigenvalue weighted by molar-refractivity contribution is 0.153. The molecule has 6 nitrogen and oxygen atoms in total. The van der Waals surface area contributed by atoms with Crippen molar-refractivity contribution in [3.05, 3.63) is 71.7 Å². The number of pyridine rings is 1. The molecule has 0 unspecified atom stereocenters. The Labute approximate surface area is 187 Å². The summed E-state index contributed by atoms with van der Waals surface area (Å²) < 4.78 is 13.2. The van der Waals surface area contributed by atoms with Gasteiger partial charge in [-0.2, -0.15) is 0 Å². The summed E-state index contributed by atoms with van der Waals surface area (Å²) in [4.78, 5) is 9.60. The van der Waals surface area contributed by atoms with Gasteiger partial charge in [0.15, 0.2) is 0 Å². The van der Waals surface area contributed by atoms with Crippen molar-refractivity contribution in [2.45, 2.75) is 26.0 Å². The van der Waals surface area contributed by atoms with E-state index in [1.807, 2.05) is 24.4 Å². The standard InChI is InChI=1S/C26H27N3O3/c1-31-10-9-25-28-24-15-27-23-6-5-21(20-4-2-3-19(13-20)17-30)14-22(23)26(24)29(25)16-18-7-11-32-12-8-18/h2-7,13-15,30H,8-12,16-17H2,1H3. The Hall–Kier alpha value is -3.06. The molecular weight excluding hydrogens is 402 g/mol. The predicted octanol–water partition coefficient (Wildman–Crippen LogP) is 4.28. The van der Waals surface area contributed by atoms with Gasteiger partial charge in [-0.15, -0.1) is 0 Å². The Morgan fingerprint density at radius 1 is 1.12 bits per heavy atom. The van der Waals surface area contributed by atoms with Crippen LogP contribution in [0.4, 0.5) is 0 Å². The van der Waals surface area contributed by atoms with Gasteiger partial charge in [-0.25, -0.2) is 4.98 Å². The van der Waals surface area contributed by atoms with Crippen LogP contribution in [0.5, 0.6) is 0 Å². The summed E-state index contributed by atoms with van der Waals surface area (Å²) in [7, 11) is 1.72. The molecule has 0 saturated carbocycles. The van der Waals surface area contributed by atoms with Crippen LogP contribution in [-0.2, 0) is 29.0 Å². The minimum Gasteiger partial charge on any atom is -0.392 e. The van der Waals surface area contributed by atoms with Crippen molar-refractivity contribution in [3.8, 4) is 11.1 Å². The van der Waals surface area contributed by atoms with Crippen LogP contribution >= 0.6 is 0 Å². The fourth-order valence-electron chi connectivity index (χ4n) is 4.36. The lowest BCUT2D eigenvalue weighted by Gasteiger charge is -2.17. The van der Waals surface area contributed by atoms with Gasteiger partial charge >= 0.3 is 0 Å². The molecule has 4 aromatic rings. The summed E-state index contributed by atoms with van der Waals surface area (Å²) in [5.74, 6) is 1.01. The van der Waals surface area contributed by atoms with Crippen LogP contribution in [0.1, 0.15) is 17.8 Å². The lowest BCUT2D eigenvalue weighted by atomic mass is 10.0. The normalized spacial score (nSPS) is 14.2. The second-order valence-corrected chi connectivity index (χ2v) is 8.13. The Morgan fingerprint density at radius 2 is 2.03 bits per heavy atom. The first-order chi connectivity index (χ1) is 15.8. The lowest BCUT2D eigenvalue weighted by Crippen LogP contribution is -2.13. The number of benzene rings is 2. The molecule has 0 bridgehead atoms. The molecule has 32 heavy (non-hydrogen) atoms. The Bertz CT molecular complexity index is 1290. The molecule has 3 heterocycles. The zero-order valence-corrected chi connectivity index (χ0v) is 18.3. The molecule has 5 rings (SSSR count). The smallest absolute Gasteiger partial charge is 0.112 e. The van der Waals surface area contributed by atoms with Crippen molar-refractivity contribution in [2.75, 3.05) is 26.9 Å². The molecule has 2 aromatic carbocycles. The first-order valence-corrected chi connectivity index (χ1v) is 11.0. The number of nitrogens with zero attached hydrogens (tertiary/aromatic N) is 3. The molecular formula is C26H27N3O3. The molecule has 0 amide bonds. The number of fused-ring (bicyclic) bond motifs is 3. The van der Waals surface area contributed by atoms with Gasteiger partial charge in [0.2, 0.25) is 0 Å². The van der Waals surface area contributed by atoms with E-state index in [1.165, 1.54) is 5.57 Å². The maximum Gasteiger partial charge on any atom is 0.112 e. The molecule has 0 spiro atoms. The molecule has 0 aliphatic carbocycles. The van der Waals surface area contributed by atoms with Crippen molar-refractivity contribution in [2.24, 2.45) is 0 Å². The van der Waals surface area contributed by atoms with E-state index in [4.69, 9.17) is 14.5 Å². The molecule has 0 fully saturated rings. The Balaban J connectivity index is 1.69. The van der Waals surface area contributed by atoms with Crippen LogP contribution in [0, 0.1) is 0 Å². The number of hydrogen-bond donors (Lipinski definition) is 1. The highest BCUT2D eigenvalue weighted by Crippen LogP contribution is 2.31. The first-order valence-electron chi connectivity index (χ1n) is 11.0. The summed E-state index contributed by atoms with van der Waals surface area (Å²) in [5.41, 5.74) is 7.39. The molecule has 1 N–H and O–H groups in total. The second-order valence-electron chi connectivity index (χ2n) is 8.13. The van der Waals surface area contributed by atoms with Crippen LogP contribution in [-0.4, -0.2) is 46.6 Å². The topological polar surface area (TPSA) is 69.4 Å². The molecule has 1 aliphatic rings. The van der Waals surface area contributed by atoms with Gasteiger partial charge in [0.05, 0.1) is 43.7 Å². The number of aromatic nitrogens is 3. The van der Waals surface area contributed by atoms with E-state index >= 15 is 0 Å². The zero-order chi connectivity index (χ0) is 21.9. The average molecular weight is 430 g/mol. The van der Waals surface area contributed by atoms with E-state index in [9.17, 15) is 5.11 Å². The minimum absolute atomic E-state index is 0.0294. The van der Waals surface area contributed by atoms with Crippen LogP contribution in [0.15, 0.2) is 60.3 Å². The number of methoxy groups -OCH3 is 1. The number of rotatable bonds is 7. The minimum atomic E-state index is 0.0294. The second kappa shape index (κ2) is 9.20. The van der Waals surface area contributed by atoms with Crippen LogP contribution < -0.4 is 0 Å². The molecule has 0 saturated heterocycles. The van der Waals surface area contributed by atoms with Gasteiger partial charge in [-0.05, 0) is 46.9 Å². The molecule has 1 aliphatic heterocycles. The maximum atomic E-state index is 9.54. The van der Waals surface area contributed by atoms with Crippen molar-refractivity contribution >= 4 is 21.9 Å². The Morgan fingerprint density at radius 3 is 2.84 bits per heavy atom. The van der Waals surface area contributed by atoms with Crippen molar-refractivity contribution in [3.63, 3.8) is 0 Å². The number of ether oxygens (including phenoxy) is 2. The van der Waals surface area contributed by atoms with E-state index in [-0.39, 0.29) is 6.61 Å². The van der Waals surface area contributed by atoms with E-state index in [0.29, 0.717) is 13.2 Å². The van der Waals surface area contributed by atoms with Gasteiger partial charge in [-0.1, -0.05) is 30.3 Å². The van der Waals surface area contributed by atoms with Gasteiger partial charge < -0.3 is 19.1 Å². The number of imidazole rings is 1. The molecule has 6 heteroatoms. The SMILES string of the molecule is COCCc1nc2cnc3ccc(-c4cccc(CO)c4)cc3c2n1CC1=CCOCC1. The molecule has 2 aromatic heterocycles. The van der Waals surface area contributed by atoms with Gasteiger partial charge in [-0.3, -0.25) is 4.98 Å². The quantitative estimate of drug-likeness (QED) is 0.444. The van der Waals surface area contributed by atoms with E-state index in [2.05, 4.69) is 39.9 Å². The molecule has 0 atom stereocenters. The zero-order valence-electron chi connectivity index (χ0n) is 18.3. The number of aliphatic hydroxyl groups is 1. The summed E-state index contributed by atoms with van der Waals surface area (Å²) in [6, 6.07) is 14.4. The van der Waals surface area contributed by atoms with Crippen molar-refractivity contribution in [1.29, 1.82) is 0 Å².